The minimum Gasteiger partial charge on any atom is -0.481 e. The minimum absolute atomic E-state index is 0.0384. The zero-order chi connectivity index (χ0) is 30.8. The molecule has 3 amide bonds. The van der Waals surface area contributed by atoms with Crippen molar-refractivity contribution in [2.45, 2.75) is 83.0 Å². The zero-order valence-corrected chi connectivity index (χ0v) is 23.0. The van der Waals surface area contributed by atoms with Crippen molar-refractivity contribution in [1.82, 2.24) is 16.0 Å². The van der Waals surface area contributed by atoms with Gasteiger partial charge in [0.05, 0.1) is 6.04 Å². The van der Waals surface area contributed by atoms with Crippen molar-refractivity contribution in [3.8, 4) is 0 Å². The van der Waals surface area contributed by atoms with Gasteiger partial charge in [0.1, 0.15) is 18.1 Å². The van der Waals surface area contributed by atoms with Crippen LogP contribution in [0.25, 0.3) is 0 Å². The number of guanidine groups is 2. The Bertz CT molecular complexity index is 920. The molecule has 17 nitrogen and oxygen atoms in total. The summed E-state index contributed by atoms with van der Waals surface area (Å²) in [5, 5.41) is 25.9. The topological polar surface area (TPSA) is 317 Å². The van der Waals surface area contributed by atoms with Gasteiger partial charge in [0.2, 0.25) is 17.7 Å². The molecule has 0 spiro atoms. The normalized spacial score (nSPS) is 14.4. The predicted octanol–water partition coefficient (Wildman–Crippen LogP) is -3.13. The summed E-state index contributed by atoms with van der Waals surface area (Å²) in [5.41, 5.74) is 26.9. The lowest BCUT2D eigenvalue weighted by molar-refractivity contribution is -0.143. The zero-order valence-electron chi connectivity index (χ0n) is 23.0. The van der Waals surface area contributed by atoms with Gasteiger partial charge >= 0.3 is 11.9 Å². The molecule has 0 fully saturated rings. The predicted molar refractivity (Wildman–Crippen MR) is 148 cm³/mol. The number of carbonyl (C=O) groups is 5. The molecule has 0 bridgehead atoms. The Kier molecular flexibility index (Phi) is 17.0. The molecule has 5 unspecified atom stereocenters. The average molecular weight is 573 g/mol. The van der Waals surface area contributed by atoms with Crippen LogP contribution in [0.3, 0.4) is 0 Å². The first-order valence-corrected chi connectivity index (χ1v) is 12.9. The molecule has 0 aromatic heterocycles. The highest BCUT2D eigenvalue weighted by atomic mass is 16.4. The monoisotopic (exact) mass is 572 g/mol. The van der Waals surface area contributed by atoms with E-state index in [2.05, 4.69) is 25.9 Å². The Hall–Kier alpha value is -4.15. The molecule has 5 atom stereocenters. The summed E-state index contributed by atoms with van der Waals surface area (Å²) >= 11 is 0. The second kappa shape index (κ2) is 19.0. The number of hydrogen-bond donors (Lipinski definition) is 10. The molecular weight excluding hydrogens is 528 g/mol. The van der Waals surface area contributed by atoms with Crippen LogP contribution >= 0.6 is 0 Å². The molecule has 0 aromatic rings. The number of amides is 3. The van der Waals surface area contributed by atoms with Crippen LogP contribution in [0.2, 0.25) is 0 Å². The van der Waals surface area contributed by atoms with Gasteiger partial charge in [0.15, 0.2) is 11.9 Å². The Morgan fingerprint density at radius 1 is 0.750 bits per heavy atom. The van der Waals surface area contributed by atoms with Gasteiger partial charge in [-0.15, -0.1) is 0 Å². The second-order valence-electron chi connectivity index (χ2n) is 9.27. The third-order valence-corrected chi connectivity index (χ3v) is 5.94. The Balaban J connectivity index is 5.65. The van der Waals surface area contributed by atoms with E-state index in [0.29, 0.717) is 6.42 Å². The Morgan fingerprint density at radius 2 is 1.25 bits per heavy atom. The van der Waals surface area contributed by atoms with Gasteiger partial charge in [-0.25, -0.2) is 4.79 Å². The fraction of sp³-hybridized carbons (Fsp3) is 0.696. The van der Waals surface area contributed by atoms with Crippen molar-refractivity contribution in [2.24, 2.45) is 44.6 Å². The lowest BCUT2D eigenvalue weighted by Gasteiger charge is -2.28. The average Bonchev–Trinajstić information content (AvgIpc) is 2.87. The molecular formula is C23H44N10O7. The number of carbonyl (C=O) groups excluding carboxylic acids is 3. The molecule has 0 radical (unpaired) electrons. The third-order valence-electron chi connectivity index (χ3n) is 5.94. The standard InChI is InChI=1S/C23H44N10O7/c1-3-12(2)17(20(38)32-15(21(39)40)7-5-11-30-23(27)28)33-19(37)14(6-4-10-29-22(25)26)31-18(36)13(24)8-9-16(34)35/h12-15,17H,3-11,24H2,1-2H3,(H,31,36)(H,32,38)(H,33,37)(H,34,35)(H,39,40)(H4,25,26,29)(H4,27,28,30). The van der Waals surface area contributed by atoms with E-state index in [1.54, 1.807) is 13.8 Å². The number of carboxylic acid groups (broad SMARTS) is 2. The SMILES string of the molecule is CCC(C)C(NC(=O)C(CCCN=C(N)N)NC(=O)C(N)CCC(=O)O)C(=O)NC(CCCN=C(N)N)C(=O)O. The van der Waals surface area contributed by atoms with Gasteiger partial charge in [0.25, 0.3) is 0 Å². The maximum Gasteiger partial charge on any atom is 0.326 e. The Morgan fingerprint density at radius 3 is 1.70 bits per heavy atom. The largest absolute Gasteiger partial charge is 0.481 e. The number of nitrogens with zero attached hydrogens (tertiary/aromatic N) is 2. The maximum absolute atomic E-state index is 13.2. The molecule has 0 aliphatic heterocycles. The van der Waals surface area contributed by atoms with Gasteiger partial charge in [0, 0.05) is 19.5 Å². The number of aliphatic carboxylic acids is 2. The lowest BCUT2D eigenvalue weighted by Crippen LogP contribution is -2.58. The first kappa shape index (κ1) is 35.9. The van der Waals surface area contributed by atoms with E-state index < -0.39 is 59.7 Å². The smallest absolute Gasteiger partial charge is 0.326 e. The summed E-state index contributed by atoms with van der Waals surface area (Å²) in [7, 11) is 0. The second-order valence-corrected chi connectivity index (χ2v) is 9.27. The fourth-order valence-electron chi connectivity index (χ4n) is 3.44. The van der Waals surface area contributed by atoms with E-state index in [9.17, 15) is 29.1 Å². The summed E-state index contributed by atoms with van der Waals surface area (Å²) in [5.74, 6) is -5.29. The fourth-order valence-corrected chi connectivity index (χ4v) is 3.44. The van der Waals surface area contributed by atoms with E-state index in [-0.39, 0.29) is 63.5 Å². The van der Waals surface area contributed by atoms with E-state index in [0.717, 1.165) is 0 Å². The van der Waals surface area contributed by atoms with Crippen LogP contribution in [0.4, 0.5) is 0 Å². The van der Waals surface area contributed by atoms with Crippen molar-refractivity contribution in [1.29, 1.82) is 0 Å². The van der Waals surface area contributed by atoms with Crippen molar-refractivity contribution in [2.75, 3.05) is 13.1 Å². The summed E-state index contributed by atoms with van der Waals surface area (Å²) in [4.78, 5) is 69.1. The molecule has 0 rings (SSSR count). The van der Waals surface area contributed by atoms with Crippen molar-refractivity contribution >= 4 is 41.6 Å². The van der Waals surface area contributed by atoms with Gasteiger partial charge in [-0.1, -0.05) is 20.3 Å². The summed E-state index contributed by atoms with van der Waals surface area (Å²) in [6.07, 6.45) is 0.625. The first-order chi connectivity index (χ1) is 18.7. The molecule has 0 saturated heterocycles. The minimum atomic E-state index is -1.27. The molecule has 15 N–H and O–H groups in total. The van der Waals surface area contributed by atoms with E-state index in [1.165, 1.54) is 0 Å². The van der Waals surface area contributed by atoms with Gasteiger partial charge in [-0.05, 0) is 38.0 Å². The highest BCUT2D eigenvalue weighted by Gasteiger charge is 2.32. The van der Waals surface area contributed by atoms with E-state index in [1.807, 2.05) is 0 Å². The molecule has 0 aromatic carbocycles. The number of rotatable bonds is 20. The van der Waals surface area contributed by atoms with Crippen LogP contribution in [0.5, 0.6) is 0 Å². The van der Waals surface area contributed by atoms with E-state index >= 15 is 0 Å². The van der Waals surface area contributed by atoms with Gasteiger partial charge < -0.3 is 54.8 Å². The number of carboxylic acids is 2. The molecule has 0 aliphatic carbocycles. The summed E-state index contributed by atoms with van der Waals surface area (Å²) in [6.45, 7) is 3.82. The molecule has 0 aliphatic rings. The third kappa shape index (κ3) is 15.3. The van der Waals surface area contributed by atoms with Gasteiger partial charge in [-0.3, -0.25) is 29.2 Å². The number of nitrogens with one attached hydrogen (secondary N) is 3. The Labute approximate surface area is 232 Å². The maximum atomic E-state index is 13.2. The highest BCUT2D eigenvalue weighted by Crippen LogP contribution is 2.11. The molecule has 228 valence electrons. The van der Waals surface area contributed by atoms with Crippen LogP contribution in [0.1, 0.15) is 58.8 Å². The number of nitrogens with two attached hydrogens (primary N) is 5. The highest BCUT2D eigenvalue weighted by molar-refractivity contribution is 5.94. The van der Waals surface area contributed by atoms with Crippen LogP contribution in [0.15, 0.2) is 9.98 Å². The molecule has 0 heterocycles. The van der Waals surface area contributed by atoms with E-state index in [4.69, 9.17) is 33.8 Å². The van der Waals surface area contributed by atoms with Gasteiger partial charge in [-0.2, -0.15) is 0 Å². The molecule has 0 saturated carbocycles. The summed E-state index contributed by atoms with van der Waals surface area (Å²) in [6, 6.07) is -4.73. The number of aliphatic imine (C=N–C) groups is 2. The van der Waals surface area contributed by atoms with Crippen LogP contribution in [0, 0.1) is 5.92 Å². The van der Waals surface area contributed by atoms with Crippen LogP contribution in [-0.4, -0.2) is 89.0 Å². The first-order valence-electron chi connectivity index (χ1n) is 12.9. The lowest BCUT2D eigenvalue weighted by atomic mass is 9.96. The quantitative estimate of drug-likeness (QED) is 0.0393. The van der Waals surface area contributed by atoms with Crippen molar-refractivity contribution in [3.63, 3.8) is 0 Å². The van der Waals surface area contributed by atoms with Crippen molar-refractivity contribution in [3.05, 3.63) is 0 Å². The van der Waals surface area contributed by atoms with Crippen LogP contribution in [-0.2, 0) is 24.0 Å². The van der Waals surface area contributed by atoms with Crippen LogP contribution < -0.4 is 44.6 Å². The summed E-state index contributed by atoms with van der Waals surface area (Å²) < 4.78 is 0. The van der Waals surface area contributed by atoms with Crippen molar-refractivity contribution < 1.29 is 34.2 Å². The number of hydrogen-bond acceptors (Lipinski definition) is 8. The molecule has 40 heavy (non-hydrogen) atoms. The molecule has 17 heteroatoms.